The molecule has 0 spiro atoms. The first kappa shape index (κ1) is 12.9. The van der Waals surface area contributed by atoms with E-state index in [0.29, 0.717) is 5.92 Å². The van der Waals surface area contributed by atoms with Crippen molar-refractivity contribution in [1.29, 1.82) is 0 Å². The first-order chi connectivity index (χ1) is 8.67. The van der Waals surface area contributed by atoms with E-state index < -0.39 is 0 Å². The van der Waals surface area contributed by atoms with Crippen LogP contribution in [0.25, 0.3) is 5.65 Å². The van der Waals surface area contributed by atoms with Crippen LogP contribution in [-0.4, -0.2) is 27.6 Å². The number of pyridine rings is 1. The molecule has 0 aliphatic heterocycles. The van der Waals surface area contributed by atoms with Gasteiger partial charge in [-0.25, -0.2) is 4.98 Å². The standard InChI is InChI=1S/C14H21N3O/c1-4-16(9-11(2)3)14-12(10-18)17-8-6-5-7-13(17)15-14/h5-8,11,18H,4,9-10H2,1-3H3. The molecule has 4 heteroatoms. The fourth-order valence-electron chi connectivity index (χ4n) is 2.24. The van der Waals surface area contributed by atoms with Gasteiger partial charge in [0.25, 0.3) is 0 Å². The van der Waals surface area contributed by atoms with Crippen LogP contribution in [-0.2, 0) is 6.61 Å². The summed E-state index contributed by atoms with van der Waals surface area (Å²) in [6, 6.07) is 5.88. The summed E-state index contributed by atoms with van der Waals surface area (Å²) in [5.41, 5.74) is 1.76. The maximum absolute atomic E-state index is 9.60. The molecule has 0 radical (unpaired) electrons. The molecule has 0 aliphatic carbocycles. The second kappa shape index (κ2) is 5.40. The van der Waals surface area contributed by atoms with Crippen molar-refractivity contribution in [1.82, 2.24) is 9.38 Å². The van der Waals surface area contributed by atoms with Crippen LogP contribution in [0.3, 0.4) is 0 Å². The van der Waals surface area contributed by atoms with Gasteiger partial charge < -0.3 is 10.0 Å². The Labute approximate surface area is 108 Å². The zero-order valence-electron chi connectivity index (χ0n) is 11.3. The van der Waals surface area contributed by atoms with Gasteiger partial charge in [0.05, 0.1) is 12.3 Å². The lowest BCUT2D eigenvalue weighted by Crippen LogP contribution is -2.28. The first-order valence-electron chi connectivity index (χ1n) is 6.49. The molecule has 2 aromatic heterocycles. The van der Waals surface area contributed by atoms with Gasteiger partial charge >= 0.3 is 0 Å². The van der Waals surface area contributed by atoms with Crippen molar-refractivity contribution in [2.45, 2.75) is 27.4 Å². The van der Waals surface area contributed by atoms with Crippen LogP contribution in [0.4, 0.5) is 5.82 Å². The molecule has 1 N–H and O–H groups in total. The highest BCUT2D eigenvalue weighted by Gasteiger charge is 2.17. The molecule has 4 nitrogen and oxygen atoms in total. The molecule has 0 atom stereocenters. The highest BCUT2D eigenvalue weighted by atomic mass is 16.3. The monoisotopic (exact) mass is 247 g/mol. The van der Waals surface area contributed by atoms with Gasteiger partial charge in [-0.1, -0.05) is 19.9 Å². The molecule has 2 heterocycles. The van der Waals surface area contributed by atoms with Gasteiger partial charge in [-0.2, -0.15) is 0 Å². The predicted molar refractivity (Wildman–Crippen MR) is 73.8 cm³/mol. The Kier molecular flexibility index (Phi) is 3.87. The molecule has 18 heavy (non-hydrogen) atoms. The molecule has 0 saturated carbocycles. The molecule has 98 valence electrons. The molecule has 0 bridgehead atoms. The second-order valence-electron chi connectivity index (χ2n) is 4.90. The highest BCUT2D eigenvalue weighted by Crippen LogP contribution is 2.22. The normalized spacial score (nSPS) is 11.4. The third-order valence-corrected chi connectivity index (χ3v) is 3.02. The summed E-state index contributed by atoms with van der Waals surface area (Å²) < 4.78 is 1.96. The van der Waals surface area contributed by atoms with Crippen LogP contribution >= 0.6 is 0 Å². The summed E-state index contributed by atoms with van der Waals surface area (Å²) in [4.78, 5) is 6.86. The fraction of sp³-hybridized carbons (Fsp3) is 0.500. The molecule has 0 fully saturated rings. The number of imidazole rings is 1. The van der Waals surface area contributed by atoms with Crippen molar-refractivity contribution in [2.75, 3.05) is 18.0 Å². The quantitative estimate of drug-likeness (QED) is 0.881. The number of hydrogen-bond acceptors (Lipinski definition) is 3. The molecule has 0 amide bonds. The van der Waals surface area contributed by atoms with E-state index in [0.717, 1.165) is 30.2 Å². The van der Waals surface area contributed by atoms with Gasteiger partial charge in [-0.15, -0.1) is 0 Å². The Hall–Kier alpha value is -1.55. The number of rotatable bonds is 5. The molecule has 0 saturated heterocycles. The number of hydrogen-bond donors (Lipinski definition) is 1. The highest BCUT2D eigenvalue weighted by molar-refractivity contribution is 5.55. The largest absolute Gasteiger partial charge is 0.390 e. The maximum atomic E-state index is 9.60. The molecule has 0 unspecified atom stereocenters. The topological polar surface area (TPSA) is 40.8 Å². The summed E-state index contributed by atoms with van der Waals surface area (Å²) in [6.45, 7) is 8.36. The molecular formula is C14H21N3O. The fourth-order valence-corrected chi connectivity index (χ4v) is 2.24. The third-order valence-electron chi connectivity index (χ3n) is 3.02. The maximum Gasteiger partial charge on any atom is 0.153 e. The Morgan fingerprint density at radius 3 is 2.78 bits per heavy atom. The SMILES string of the molecule is CCN(CC(C)C)c1nc2ccccn2c1CO. The summed E-state index contributed by atoms with van der Waals surface area (Å²) in [6.07, 6.45) is 1.95. The Morgan fingerprint density at radius 2 is 2.17 bits per heavy atom. The third kappa shape index (κ3) is 2.34. The van der Waals surface area contributed by atoms with Crippen molar-refractivity contribution >= 4 is 11.5 Å². The minimum atomic E-state index is 0.00904. The predicted octanol–water partition coefficient (Wildman–Crippen LogP) is 2.31. The van der Waals surface area contributed by atoms with Crippen molar-refractivity contribution in [3.63, 3.8) is 0 Å². The lowest BCUT2D eigenvalue weighted by atomic mass is 10.2. The lowest BCUT2D eigenvalue weighted by molar-refractivity contribution is 0.276. The Morgan fingerprint density at radius 1 is 1.39 bits per heavy atom. The summed E-state index contributed by atoms with van der Waals surface area (Å²) in [5.74, 6) is 1.47. The molecule has 0 aromatic carbocycles. The number of aromatic nitrogens is 2. The van der Waals surface area contributed by atoms with Gasteiger partial charge in [0.1, 0.15) is 5.65 Å². The Bertz CT molecular complexity index is 519. The van der Waals surface area contributed by atoms with Gasteiger partial charge in [-0.3, -0.25) is 4.40 Å². The first-order valence-corrected chi connectivity index (χ1v) is 6.49. The van der Waals surface area contributed by atoms with Crippen LogP contribution in [0.1, 0.15) is 26.5 Å². The average molecular weight is 247 g/mol. The number of anilines is 1. The molecule has 2 rings (SSSR count). The van der Waals surface area contributed by atoms with E-state index in [1.54, 1.807) is 0 Å². The molecular weight excluding hydrogens is 226 g/mol. The zero-order chi connectivity index (χ0) is 13.1. The van der Waals surface area contributed by atoms with Crippen molar-refractivity contribution in [3.05, 3.63) is 30.1 Å². The molecule has 0 aliphatic rings. The lowest BCUT2D eigenvalue weighted by Gasteiger charge is -2.23. The summed E-state index contributed by atoms with van der Waals surface area (Å²) in [5, 5.41) is 9.60. The Balaban J connectivity index is 2.48. The molecule has 2 aromatic rings. The minimum absolute atomic E-state index is 0.00904. The van der Waals surface area contributed by atoms with Crippen LogP contribution in [0, 0.1) is 5.92 Å². The van der Waals surface area contributed by atoms with E-state index in [4.69, 9.17) is 0 Å². The second-order valence-corrected chi connectivity index (χ2v) is 4.90. The minimum Gasteiger partial charge on any atom is -0.390 e. The van der Waals surface area contributed by atoms with E-state index in [2.05, 4.69) is 30.7 Å². The van der Waals surface area contributed by atoms with E-state index >= 15 is 0 Å². The van der Waals surface area contributed by atoms with E-state index in [1.807, 2.05) is 28.8 Å². The van der Waals surface area contributed by atoms with E-state index in [1.165, 1.54) is 0 Å². The van der Waals surface area contributed by atoms with Crippen molar-refractivity contribution < 1.29 is 5.11 Å². The number of nitrogens with zero attached hydrogens (tertiary/aromatic N) is 3. The van der Waals surface area contributed by atoms with Gasteiger partial charge in [0.2, 0.25) is 0 Å². The van der Waals surface area contributed by atoms with E-state index in [9.17, 15) is 5.11 Å². The van der Waals surface area contributed by atoms with E-state index in [-0.39, 0.29) is 6.61 Å². The van der Waals surface area contributed by atoms with Crippen molar-refractivity contribution in [3.8, 4) is 0 Å². The summed E-state index contributed by atoms with van der Waals surface area (Å²) in [7, 11) is 0. The van der Waals surface area contributed by atoms with Gasteiger partial charge in [0.15, 0.2) is 5.82 Å². The van der Waals surface area contributed by atoms with Gasteiger partial charge in [0, 0.05) is 19.3 Å². The van der Waals surface area contributed by atoms with Crippen LogP contribution in [0.15, 0.2) is 24.4 Å². The van der Waals surface area contributed by atoms with Crippen molar-refractivity contribution in [2.24, 2.45) is 5.92 Å². The average Bonchev–Trinajstić information content (AvgIpc) is 2.73. The number of fused-ring (bicyclic) bond motifs is 1. The van der Waals surface area contributed by atoms with Crippen LogP contribution < -0.4 is 4.90 Å². The summed E-state index contributed by atoms with van der Waals surface area (Å²) >= 11 is 0. The number of aliphatic hydroxyl groups is 1. The van der Waals surface area contributed by atoms with Crippen LogP contribution in [0.2, 0.25) is 0 Å². The number of aliphatic hydroxyl groups excluding tert-OH is 1. The van der Waals surface area contributed by atoms with Gasteiger partial charge in [-0.05, 0) is 25.0 Å². The zero-order valence-corrected chi connectivity index (χ0v) is 11.3. The van der Waals surface area contributed by atoms with Crippen LogP contribution in [0.5, 0.6) is 0 Å². The smallest absolute Gasteiger partial charge is 0.153 e.